The molecule has 2 aromatic heterocycles. The maximum absolute atomic E-state index is 14.9. The summed E-state index contributed by atoms with van der Waals surface area (Å²) < 4.78 is 66.5. The second-order valence-electron chi connectivity index (χ2n) is 10.7. The number of aromatic nitrogens is 5. The summed E-state index contributed by atoms with van der Waals surface area (Å²) in [6.45, 7) is 1.89. The molecule has 2 unspecified atom stereocenters. The number of halogens is 2. The van der Waals surface area contributed by atoms with Crippen LogP contribution in [-0.2, 0) is 14.8 Å². The molecule has 1 N–H and O–H groups in total. The minimum atomic E-state index is -4.34. The lowest BCUT2D eigenvalue weighted by molar-refractivity contribution is -0.0577. The van der Waals surface area contributed by atoms with Gasteiger partial charge < -0.3 is 9.09 Å². The van der Waals surface area contributed by atoms with Crippen molar-refractivity contribution >= 4 is 15.6 Å². The van der Waals surface area contributed by atoms with Gasteiger partial charge in [-0.05, 0) is 36.8 Å². The van der Waals surface area contributed by atoms with Crippen molar-refractivity contribution < 1.29 is 21.7 Å². The van der Waals surface area contributed by atoms with Crippen LogP contribution < -0.4 is 4.72 Å². The fourth-order valence-corrected chi connectivity index (χ4v) is 7.85. The standard InChI is InChI=1S/C27H30F2N6O3S/c1-2-21-12-20(18-6-4-3-5-7-18)10-11-27(21,25-32-24(38-33-25)19-8-9-19)39(36,37)34-22-13-23(15-26(28,29)14-22)35-16-30-31-17-35/h3-7,10-12,16-17,19,21-23,34H,2,8-9,13-15H2,1H3/t21?,22-,23+,27?/m1/s1. The smallest absolute Gasteiger partial charge is 0.251 e. The van der Waals surface area contributed by atoms with E-state index < -0.39 is 51.5 Å². The lowest BCUT2D eigenvalue weighted by atomic mass is 9.81. The Kier molecular flexibility index (Phi) is 6.49. The van der Waals surface area contributed by atoms with Crippen molar-refractivity contribution in [2.45, 2.75) is 74.1 Å². The number of nitrogens with zero attached hydrogens (tertiary/aromatic N) is 5. The number of benzene rings is 1. The van der Waals surface area contributed by atoms with E-state index in [-0.39, 0.29) is 18.2 Å². The molecule has 1 aromatic carbocycles. The quantitative estimate of drug-likeness (QED) is 0.425. The summed E-state index contributed by atoms with van der Waals surface area (Å²) >= 11 is 0. The molecule has 4 atom stereocenters. The van der Waals surface area contributed by atoms with E-state index in [1.54, 1.807) is 12.2 Å². The summed E-state index contributed by atoms with van der Waals surface area (Å²) in [5.41, 5.74) is 1.82. The highest BCUT2D eigenvalue weighted by molar-refractivity contribution is 7.90. The molecule has 0 aliphatic heterocycles. The molecule has 0 saturated heterocycles. The summed E-state index contributed by atoms with van der Waals surface area (Å²) in [6, 6.07) is 8.01. The van der Waals surface area contributed by atoms with Gasteiger partial charge in [-0.3, -0.25) is 0 Å². The molecule has 0 bridgehead atoms. The van der Waals surface area contributed by atoms with Crippen LogP contribution in [0.3, 0.4) is 0 Å². The van der Waals surface area contributed by atoms with Gasteiger partial charge in [-0.15, -0.1) is 10.2 Å². The van der Waals surface area contributed by atoms with E-state index in [1.165, 1.54) is 17.2 Å². The minimum Gasteiger partial charge on any atom is -0.339 e. The molecule has 0 spiro atoms. The Balaban J connectivity index is 1.39. The Labute approximate surface area is 225 Å². The van der Waals surface area contributed by atoms with Gasteiger partial charge in [0.15, 0.2) is 10.6 Å². The number of rotatable bonds is 8. The van der Waals surface area contributed by atoms with Gasteiger partial charge >= 0.3 is 0 Å². The van der Waals surface area contributed by atoms with E-state index in [2.05, 4.69) is 25.1 Å². The maximum Gasteiger partial charge on any atom is 0.251 e. The first-order valence-electron chi connectivity index (χ1n) is 13.2. The zero-order chi connectivity index (χ0) is 27.3. The van der Waals surface area contributed by atoms with Gasteiger partial charge in [-0.2, -0.15) is 4.98 Å². The van der Waals surface area contributed by atoms with Crippen LogP contribution in [0.1, 0.15) is 74.7 Å². The Hall–Kier alpha value is -3.25. The molecule has 6 rings (SSSR count). The van der Waals surface area contributed by atoms with Crippen molar-refractivity contribution in [3.63, 3.8) is 0 Å². The third kappa shape index (κ3) is 4.84. The SMILES string of the molecule is CCC1C=C(c2ccccc2)C=CC1(c1noc(C2CC2)n1)S(=O)(=O)N[C@@H]1C[C@H](n2cnnc2)CC(F)(F)C1. The van der Waals surface area contributed by atoms with E-state index in [0.29, 0.717) is 12.3 Å². The van der Waals surface area contributed by atoms with E-state index >= 15 is 0 Å². The van der Waals surface area contributed by atoms with Crippen LogP contribution in [0.4, 0.5) is 8.78 Å². The summed E-state index contributed by atoms with van der Waals surface area (Å²) in [5.74, 6) is -3.06. The zero-order valence-electron chi connectivity index (χ0n) is 21.5. The molecule has 2 fully saturated rings. The molecular weight excluding hydrogens is 526 g/mol. The van der Waals surface area contributed by atoms with Crippen LogP contribution in [0.2, 0.25) is 0 Å². The van der Waals surface area contributed by atoms with Gasteiger partial charge in [-0.25, -0.2) is 21.9 Å². The first kappa shape index (κ1) is 26.0. The number of hydrogen-bond donors (Lipinski definition) is 1. The molecule has 3 aliphatic carbocycles. The third-order valence-electron chi connectivity index (χ3n) is 7.97. The highest BCUT2D eigenvalue weighted by atomic mass is 32.2. The molecule has 9 nitrogen and oxygen atoms in total. The van der Waals surface area contributed by atoms with Crippen molar-refractivity contribution in [1.82, 2.24) is 29.6 Å². The zero-order valence-corrected chi connectivity index (χ0v) is 22.3. The Bertz CT molecular complexity index is 1480. The molecule has 0 amide bonds. The highest BCUT2D eigenvalue weighted by Gasteiger charge is 2.55. The van der Waals surface area contributed by atoms with Gasteiger partial charge in [-0.1, -0.05) is 60.6 Å². The van der Waals surface area contributed by atoms with Crippen LogP contribution in [0.15, 0.2) is 65.7 Å². The van der Waals surface area contributed by atoms with E-state index in [9.17, 15) is 17.2 Å². The lowest BCUT2D eigenvalue weighted by Gasteiger charge is -2.40. The van der Waals surface area contributed by atoms with Gasteiger partial charge in [0.1, 0.15) is 12.7 Å². The largest absolute Gasteiger partial charge is 0.339 e. The van der Waals surface area contributed by atoms with Crippen molar-refractivity contribution in [2.24, 2.45) is 5.92 Å². The average molecular weight is 557 g/mol. The monoisotopic (exact) mass is 556 g/mol. The first-order chi connectivity index (χ1) is 18.7. The number of hydrogen-bond acceptors (Lipinski definition) is 7. The maximum atomic E-state index is 14.9. The van der Waals surface area contributed by atoms with Gasteiger partial charge in [0, 0.05) is 36.8 Å². The Morgan fingerprint density at radius 1 is 1.13 bits per heavy atom. The van der Waals surface area contributed by atoms with Crippen LogP contribution >= 0.6 is 0 Å². The first-order valence-corrected chi connectivity index (χ1v) is 14.7. The molecule has 39 heavy (non-hydrogen) atoms. The van der Waals surface area contributed by atoms with Crippen LogP contribution in [0.5, 0.6) is 0 Å². The summed E-state index contributed by atoms with van der Waals surface area (Å²) in [5, 5.41) is 11.6. The molecule has 0 radical (unpaired) electrons. The lowest BCUT2D eigenvalue weighted by Crippen LogP contribution is -2.54. The van der Waals surface area contributed by atoms with Gasteiger partial charge in [0.05, 0.1) is 0 Å². The van der Waals surface area contributed by atoms with Gasteiger partial charge in [0.25, 0.3) is 5.92 Å². The molecule has 3 aromatic rings. The van der Waals surface area contributed by atoms with Crippen LogP contribution in [-0.4, -0.2) is 45.3 Å². The second kappa shape index (κ2) is 9.74. The normalized spacial score (nSPS) is 28.8. The fourth-order valence-electron chi connectivity index (χ4n) is 5.83. The molecule has 12 heteroatoms. The van der Waals surface area contributed by atoms with Crippen molar-refractivity contribution in [3.05, 3.63) is 78.5 Å². The average Bonchev–Trinajstić information content (AvgIpc) is 3.38. The van der Waals surface area contributed by atoms with Crippen molar-refractivity contribution in [1.29, 1.82) is 0 Å². The number of sulfonamides is 1. The summed E-state index contributed by atoms with van der Waals surface area (Å²) in [6.07, 6.45) is 9.45. The number of alkyl halides is 2. The van der Waals surface area contributed by atoms with Crippen LogP contribution in [0.25, 0.3) is 5.57 Å². The second-order valence-corrected chi connectivity index (χ2v) is 12.7. The Morgan fingerprint density at radius 3 is 2.56 bits per heavy atom. The van der Waals surface area contributed by atoms with Crippen molar-refractivity contribution in [3.8, 4) is 0 Å². The summed E-state index contributed by atoms with van der Waals surface area (Å²) in [4.78, 5) is 4.56. The predicted octanol–water partition coefficient (Wildman–Crippen LogP) is 4.76. The topological polar surface area (TPSA) is 116 Å². The molecule has 2 heterocycles. The van der Waals surface area contributed by atoms with E-state index in [1.807, 2.05) is 43.3 Å². The molecule has 2 saturated carbocycles. The summed E-state index contributed by atoms with van der Waals surface area (Å²) in [7, 11) is -4.34. The third-order valence-corrected chi connectivity index (χ3v) is 10.1. The van der Waals surface area contributed by atoms with Gasteiger partial charge in [0.2, 0.25) is 15.9 Å². The molecule has 206 valence electrons. The Morgan fingerprint density at radius 2 is 1.87 bits per heavy atom. The molecular formula is C27H30F2N6O3S. The highest BCUT2D eigenvalue weighted by Crippen LogP contribution is 2.48. The number of nitrogens with one attached hydrogen (secondary N) is 1. The fraction of sp³-hybridized carbons (Fsp3) is 0.481. The van der Waals surface area contributed by atoms with Crippen LogP contribution in [0, 0.1) is 5.92 Å². The predicted molar refractivity (Wildman–Crippen MR) is 139 cm³/mol. The minimum absolute atomic E-state index is 0.0290. The van der Waals surface area contributed by atoms with E-state index in [0.717, 1.165) is 24.0 Å². The number of allylic oxidation sites excluding steroid dienone is 3. The van der Waals surface area contributed by atoms with Crippen molar-refractivity contribution in [2.75, 3.05) is 0 Å². The van der Waals surface area contributed by atoms with E-state index in [4.69, 9.17) is 4.52 Å². The molecule has 3 aliphatic rings.